The minimum Gasteiger partial charge on any atom is -0.497 e. The first-order chi connectivity index (χ1) is 7.70. The number of rotatable bonds is 3. The smallest absolute Gasteiger partial charge is 0.321 e. The number of carboxylic acids is 1. The highest BCUT2D eigenvalue weighted by atomic mass is 32.2. The molecule has 0 amide bonds. The number of carboxylic acid groups (broad SMARTS) is 1. The van der Waals surface area contributed by atoms with Crippen molar-refractivity contribution < 1.29 is 14.6 Å². The standard InChI is InChI=1S/C11H13NO3S/c1-15-8-4-2-3-7(5-8)10-12-9(6-16-10)11(13)14/h2-5,9-10,12H,6H2,1H3,(H,13,14)/t9-,10-/m1/s1. The minimum atomic E-state index is -0.794. The molecule has 2 atom stereocenters. The molecule has 2 N–H and O–H groups in total. The number of methoxy groups -OCH3 is 1. The summed E-state index contributed by atoms with van der Waals surface area (Å²) >= 11 is 1.60. The number of carbonyl (C=O) groups is 1. The van der Waals surface area contributed by atoms with Crippen LogP contribution in [0.3, 0.4) is 0 Å². The van der Waals surface area contributed by atoms with E-state index in [9.17, 15) is 4.79 Å². The average Bonchev–Trinajstić information content (AvgIpc) is 2.78. The first-order valence-electron chi connectivity index (χ1n) is 4.95. The summed E-state index contributed by atoms with van der Waals surface area (Å²) in [6.07, 6.45) is 0. The second-order valence-electron chi connectivity index (χ2n) is 3.55. The third kappa shape index (κ3) is 2.31. The Labute approximate surface area is 98.0 Å². The topological polar surface area (TPSA) is 58.6 Å². The third-order valence-corrected chi connectivity index (χ3v) is 3.74. The van der Waals surface area contributed by atoms with E-state index in [-0.39, 0.29) is 5.37 Å². The lowest BCUT2D eigenvalue weighted by molar-refractivity contribution is -0.138. The molecule has 2 rings (SSSR count). The van der Waals surface area contributed by atoms with Gasteiger partial charge in [0.25, 0.3) is 0 Å². The van der Waals surface area contributed by atoms with Crippen LogP contribution in [0.4, 0.5) is 0 Å². The summed E-state index contributed by atoms with van der Waals surface area (Å²) in [5.74, 6) is 0.591. The first-order valence-corrected chi connectivity index (χ1v) is 6.00. The molecular formula is C11H13NO3S. The Bertz CT molecular complexity index is 397. The van der Waals surface area contributed by atoms with Crippen LogP contribution in [0.25, 0.3) is 0 Å². The maximum atomic E-state index is 10.8. The molecule has 0 saturated carbocycles. The Morgan fingerprint density at radius 1 is 1.62 bits per heavy atom. The minimum absolute atomic E-state index is 0.0381. The van der Waals surface area contributed by atoms with Gasteiger partial charge in [-0.05, 0) is 17.7 Å². The lowest BCUT2D eigenvalue weighted by Gasteiger charge is -2.12. The Morgan fingerprint density at radius 3 is 3.06 bits per heavy atom. The van der Waals surface area contributed by atoms with Gasteiger partial charge in [-0.15, -0.1) is 11.8 Å². The van der Waals surface area contributed by atoms with Crippen molar-refractivity contribution in [1.82, 2.24) is 5.32 Å². The molecule has 0 spiro atoms. The van der Waals surface area contributed by atoms with Crippen molar-refractivity contribution >= 4 is 17.7 Å². The van der Waals surface area contributed by atoms with Gasteiger partial charge in [-0.25, -0.2) is 0 Å². The molecule has 1 fully saturated rings. The molecule has 0 bridgehead atoms. The van der Waals surface area contributed by atoms with Gasteiger partial charge in [0.2, 0.25) is 0 Å². The van der Waals surface area contributed by atoms with Crippen molar-refractivity contribution in [3.05, 3.63) is 29.8 Å². The van der Waals surface area contributed by atoms with Crippen LogP contribution in [0, 0.1) is 0 Å². The van der Waals surface area contributed by atoms with Gasteiger partial charge >= 0.3 is 5.97 Å². The number of nitrogens with one attached hydrogen (secondary N) is 1. The maximum Gasteiger partial charge on any atom is 0.321 e. The predicted octanol–water partition coefficient (Wildman–Crippen LogP) is 1.48. The highest BCUT2D eigenvalue weighted by molar-refractivity contribution is 7.99. The molecule has 1 aromatic carbocycles. The summed E-state index contributed by atoms with van der Waals surface area (Å²) < 4.78 is 5.14. The number of thioether (sulfide) groups is 1. The van der Waals surface area contributed by atoms with Gasteiger partial charge < -0.3 is 9.84 Å². The van der Waals surface area contributed by atoms with Gasteiger partial charge in [0.15, 0.2) is 0 Å². The lowest BCUT2D eigenvalue weighted by atomic mass is 10.2. The van der Waals surface area contributed by atoms with Crippen LogP contribution in [0.1, 0.15) is 10.9 Å². The fourth-order valence-corrected chi connectivity index (χ4v) is 2.83. The molecule has 86 valence electrons. The summed E-state index contributed by atoms with van der Waals surface area (Å²) in [5.41, 5.74) is 1.05. The summed E-state index contributed by atoms with van der Waals surface area (Å²) in [5, 5.41) is 12.0. The van der Waals surface area contributed by atoms with Crippen LogP contribution < -0.4 is 10.1 Å². The molecular weight excluding hydrogens is 226 g/mol. The van der Waals surface area contributed by atoms with Crippen LogP contribution >= 0.6 is 11.8 Å². The highest BCUT2D eigenvalue weighted by Gasteiger charge is 2.30. The van der Waals surface area contributed by atoms with Gasteiger partial charge in [-0.2, -0.15) is 0 Å². The number of hydrogen-bond donors (Lipinski definition) is 2. The van der Waals surface area contributed by atoms with E-state index >= 15 is 0 Å². The molecule has 1 aliphatic heterocycles. The summed E-state index contributed by atoms with van der Waals surface area (Å²) in [7, 11) is 1.62. The van der Waals surface area contributed by atoms with E-state index in [0.29, 0.717) is 5.75 Å². The zero-order chi connectivity index (χ0) is 11.5. The van der Waals surface area contributed by atoms with Crippen molar-refractivity contribution in [2.75, 3.05) is 12.9 Å². The van der Waals surface area contributed by atoms with Gasteiger partial charge in [0.05, 0.1) is 12.5 Å². The molecule has 0 unspecified atom stereocenters. The van der Waals surface area contributed by atoms with Crippen molar-refractivity contribution in [3.63, 3.8) is 0 Å². The van der Waals surface area contributed by atoms with Crippen molar-refractivity contribution in [1.29, 1.82) is 0 Å². The molecule has 0 aliphatic carbocycles. The van der Waals surface area contributed by atoms with E-state index in [1.165, 1.54) is 0 Å². The average molecular weight is 239 g/mol. The van der Waals surface area contributed by atoms with E-state index in [1.807, 2.05) is 24.3 Å². The van der Waals surface area contributed by atoms with Gasteiger partial charge in [-0.3, -0.25) is 10.1 Å². The van der Waals surface area contributed by atoms with Crippen LogP contribution in [0.5, 0.6) is 5.75 Å². The zero-order valence-corrected chi connectivity index (χ0v) is 9.66. The van der Waals surface area contributed by atoms with Gasteiger partial charge in [-0.1, -0.05) is 12.1 Å². The number of aliphatic carboxylic acids is 1. The zero-order valence-electron chi connectivity index (χ0n) is 8.84. The third-order valence-electron chi connectivity index (χ3n) is 2.48. The fraction of sp³-hybridized carbons (Fsp3) is 0.364. The molecule has 5 heteroatoms. The Balaban J connectivity index is 2.11. The number of benzene rings is 1. The predicted molar refractivity (Wildman–Crippen MR) is 62.8 cm³/mol. The number of hydrogen-bond acceptors (Lipinski definition) is 4. The highest BCUT2D eigenvalue weighted by Crippen LogP contribution is 2.34. The molecule has 1 heterocycles. The van der Waals surface area contributed by atoms with E-state index in [1.54, 1.807) is 18.9 Å². The van der Waals surface area contributed by atoms with E-state index in [2.05, 4.69) is 5.32 Å². The fourth-order valence-electron chi connectivity index (χ4n) is 1.61. The molecule has 1 saturated heterocycles. The first kappa shape index (κ1) is 11.3. The molecule has 0 aromatic heterocycles. The normalized spacial score (nSPS) is 24.3. The van der Waals surface area contributed by atoms with Gasteiger partial charge in [0, 0.05) is 5.75 Å². The molecule has 16 heavy (non-hydrogen) atoms. The SMILES string of the molecule is COc1cccc([C@@H]2N[C@@H](C(=O)O)CS2)c1. The van der Waals surface area contributed by atoms with Crippen LogP contribution in [0.2, 0.25) is 0 Å². The van der Waals surface area contributed by atoms with Crippen molar-refractivity contribution in [2.45, 2.75) is 11.4 Å². The quantitative estimate of drug-likeness (QED) is 0.836. The second-order valence-corrected chi connectivity index (χ2v) is 4.69. The number of ether oxygens (including phenoxy) is 1. The Morgan fingerprint density at radius 2 is 2.44 bits per heavy atom. The summed E-state index contributed by atoms with van der Waals surface area (Å²) in [6.45, 7) is 0. The van der Waals surface area contributed by atoms with Crippen molar-refractivity contribution in [2.24, 2.45) is 0 Å². The van der Waals surface area contributed by atoms with Crippen molar-refractivity contribution in [3.8, 4) is 5.75 Å². The van der Waals surface area contributed by atoms with Crippen LogP contribution in [-0.4, -0.2) is 30.0 Å². The van der Waals surface area contributed by atoms with Crippen LogP contribution in [-0.2, 0) is 4.79 Å². The molecule has 1 aliphatic rings. The van der Waals surface area contributed by atoms with E-state index in [4.69, 9.17) is 9.84 Å². The van der Waals surface area contributed by atoms with E-state index in [0.717, 1.165) is 11.3 Å². The molecule has 1 aromatic rings. The largest absolute Gasteiger partial charge is 0.497 e. The monoisotopic (exact) mass is 239 g/mol. The summed E-state index contributed by atoms with van der Waals surface area (Å²) in [4.78, 5) is 10.8. The van der Waals surface area contributed by atoms with Gasteiger partial charge in [0.1, 0.15) is 11.8 Å². The van der Waals surface area contributed by atoms with Crippen LogP contribution in [0.15, 0.2) is 24.3 Å². The van der Waals surface area contributed by atoms with E-state index < -0.39 is 12.0 Å². The summed E-state index contributed by atoms with van der Waals surface area (Å²) in [6, 6.07) is 7.22. The lowest BCUT2D eigenvalue weighted by Crippen LogP contribution is -2.33. The maximum absolute atomic E-state index is 10.8. The molecule has 0 radical (unpaired) electrons. The second kappa shape index (κ2) is 4.76. The molecule has 4 nitrogen and oxygen atoms in total. The Hall–Kier alpha value is -1.20. The Kier molecular flexibility index (Phi) is 3.36.